The Kier molecular flexibility index (Phi) is 4.16. The number of carboxylic acids is 1. The lowest BCUT2D eigenvalue weighted by Gasteiger charge is -2.36. The Balaban J connectivity index is 1.62. The molecule has 1 unspecified atom stereocenters. The number of thiophene rings is 1. The third kappa shape index (κ3) is 2.87. The number of aliphatic carboxylic acids is 1. The zero-order valence-corrected chi connectivity index (χ0v) is 14.0. The van der Waals surface area contributed by atoms with E-state index in [0.29, 0.717) is 12.8 Å². The Bertz CT molecular complexity index is 723. The normalized spacial score (nSPS) is 19.3. The molecule has 1 saturated heterocycles. The maximum absolute atomic E-state index is 11.2. The van der Waals surface area contributed by atoms with Crippen LogP contribution >= 0.6 is 11.3 Å². The van der Waals surface area contributed by atoms with Crippen molar-refractivity contribution in [2.75, 3.05) is 19.9 Å². The molecule has 0 amide bonds. The van der Waals surface area contributed by atoms with E-state index in [2.05, 4.69) is 27.8 Å². The predicted molar refractivity (Wildman–Crippen MR) is 90.7 cm³/mol. The van der Waals surface area contributed by atoms with Crippen LogP contribution in [-0.2, 0) is 4.79 Å². The molecule has 4 rings (SSSR count). The van der Waals surface area contributed by atoms with Crippen LogP contribution in [0, 0.1) is 5.92 Å². The molecular formula is C18H19NO4S. The quantitative estimate of drug-likeness (QED) is 0.921. The zero-order valence-electron chi connectivity index (χ0n) is 13.2. The number of ether oxygens (including phenoxy) is 2. The monoisotopic (exact) mass is 345 g/mol. The van der Waals surface area contributed by atoms with E-state index in [1.165, 1.54) is 5.56 Å². The van der Waals surface area contributed by atoms with Crippen LogP contribution in [0.15, 0.2) is 35.0 Å². The van der Waals surface area contributed by atoms with Gasteiger partial charge in [-0.05, 0) is 66.0 Å². The molecule has 0 saturated carbocycles. The summed E-state index contributed by atoms with van der Waals surface area (Å²) in [7, 11) is 0. The van der Waals surface area contributed by atoms with E-state index in [1.807, 2.05) is 12.1 Å². The first-order valence-corrected chi connectivity index (χ1v) is 9.05. The van der Waals surface area contributed by atoms with Crippen molar-refractivity contribution < 1.29 is 19.4 Å². The molecule has 24 heavy (non-hydrogen) atoms. The second kappa shape index (κ2) is 6.45. The van der Waals surface area contributed by atoms with Crippen molar-refractivity contribution >= 4 is 17.3 Å². The predicted octanol–water partition coefficient (Wildman–Crippen LogP) is 3.36. The highest BCUT2D eigenvalue weighted by molar-refractivity contribution is 7.08. The number of carbonyl (C=O) groups is 1. The summed E-state index contributed by atoms with van der Waals surface area (Å²) in [6, 6.07) is 8.36. The maximum atomic E-state index is 11.2. The number of hydrogen-bond acceptors (Lipinski definition) is 5. The first-order valence-electron chi connectivity index (χ1n) is 8.11. The van der Waals surface area contributed by atoms with Gasteiger partial charge in [0.15, 0.2) is 11.5 Å². The number of rotatable bonds is 4. The van der Waals surface area contributed by atoms with Crippen molar-refractivity contribution in [1.82, 2.24) is 4.90 Å². The second-order valence-electron chi connectivity index (χ2n) is 6.22. The summed E-state index contributed by atoms with van der Waals surface area (Å²) in [6.07, 6.45) is 1.39. The van der Waals surface area contributed by atoms with Gasteiger partial charge in [-0.15, -0.1) is 0 Å². The Morgan fingerprint density at radius 1 is 1.17 bits per heavy atom. The largest absolute Gasteiger partial charge is 0.481 e. The van der Waals surface area contributed by atoms with E-state index in [-0.39, 0.29) is 18.8 Å². The van der Waals surface area contributed by atoms with Gasteiger partial charge in [-0.3, -0.25) is 9.69 Å². The van der Waals surface area contributed by atoms with Crippen molar-refractivity contribution in [3.8, 4) is 11.5 Å². The number of carboxylic acid groups (broad SMARTS) is 1. The molecule has 0 spiro atoms. The van der Waals surface area contributed by atoms with E-state index < -0.39 is 5.97 Å². The lowest BCUT2D eigenvalue weighted by molar-refractivity contribution is -0.143. The summed E-state index contributed by atoms with van der Waals surface area (Å²) in [5, 5.41) is 13.5. The molecule has 2 aliphatic heterocycles. The Hall–Kier alpha value is -2.05. The van der Waals surface area contributed by atoms with Crippen LogP contribution in [0.25, 0.3) is 0 Å². The topological polar surface area (TPSA) is 59.0 Å². The van der Waals surface area contributed by atoms with Gasteiger partial charge in [-0.2, -0.15) is 11.3 Å². The SMILES string of the molecule is O=C(O)C1CCN(C(c2ccsc2)c2ccc3c(c2)OCO3)CC1. The van der Waals surface area contributed by atoms with Crippen LogP contribution in [-0.4, -0.2) is 35.9 Å². The molecule has 0 radical (unpaired) electrons. The highest BCUT2D eigenvalue weighted by atomic mass is 32.1. The van der Waals surface area contributed by atoms with Gasteiger partial charge in [0.1, 0.15) is 0 Å². The number of nitrogens with zero attached hydrogens (tertiary/aromatic N) is 1. The third-order valence-electron chi connectivity index (χ3n) is 4.82. The minimum Gasteiger partial charge on any atom is -0.481 e. The van der Waals surface area contributed by atoms with Crippen LogP contribution < -0.4 is 9.47 Å². The molecule has 126 valence electrons. The molecule has 2 aliphatic rings. The zero-order chi connectivity index (χ0) is 16.5. The highest BCUT2D eigenvalue weighted by Crippen LogP contribution is 2.39. The van der Waals surface area contributed by atoms with Crippen molar-refractivity contribution in [2.24, 2.45) is 5.92 Å². The number of likely N-dealkylation sites (tertiary alicyclic amines) is 1. The summed E-state index contributed by atoms with van der Waals surface area (Å²) in [5.74, 6) is 0.673. The fourth-order valence-corrected chi connectivity index (χ4v) is 4.21. The van der Waals surface area contributed by atoms with E-state index in [1.54, 1.807) is 11.3 Å². The van der Waals surface area contributed by atoms with Gasteiger partial charge in [0.05, 0.1) is 12.0 Å². The number of piperidine rings is 1. The van der Waals surface area contributed by atoms with Gasteiger partial charge in [-0.25, -0.2) is 0 Å². The molecule has 1 atom stereocenters. The van der Waals surface area contributed by atoms with E-state index in [9.17, 15) is 9.90 Å². The van der Waals surface area contributed by atoms with E-state index in [0.717, 1.165) is 30.2 Å². The molecule has 2 aromatic rings. The van der Waals surface area contributed by atoms with Crippen LogP contribution in [0.1, 0.15) is 30.0 Å². The van der Waals surface area contributed by atoms with Crippen LogP contribution in [0.2, 0.25) is 0 Å². The van der Waals surface area contributed by atoms with Crippen LogP contribution in [0.5, 0.6) is 11.5 Å². The van der Waals surface area contributed by atoms with Gasteiger partial charge in [0.2, 0.25) is 6.79 Å². The minimum atomic E-state index is -0.676. The molecule has 0 aliphatic carbocycles. The van der Waals surface area contributed by atoms with Gasteiger partial charge in [0, 0.05) is 0 Å². The number of hydrogen-bond donors (Lipinski definition) is 1. The van der Waals surface area contributed by atoms with Crippen molar-refractivity contribution in [2.45, 2.75) is 18.9 Å². The first kappa shape index (κ1) is 15.5. The van der Waals surface area contributed by atoms with E-state index in [4.69, 9.17) is 9.47 Å². The molecule has 1 aromatic carbocycles. The Labute approximate surface area is 144 Å². The average molecular weight is 345 g/mol. The fraction of sp³-hybridized carbons (Fsp3) is 0.389. The van der Waals surface area contributed by atoms with Crippen LogP contribution in [0.4, 0.5) is 0 Å². The number of fused-ring (bicyclic) bond motifs is 1. The smallest absolute Gasteiger partial charge is 0.306 e. The Morgan fingerprint density at radius 3 is 2.67 bits per heavy atom. The van der Waals surface area contributed by atoms with Gasteiger partial charge < -0.3 is 14.6 Å². The van der Waals surface area contributed by atoms with Crippen molar-refractivity contribution in [3.05, 3.63) is 46.2 Å². The van der Waals surface area contributed by atoms with E-state index >= 15 is 0 Å². The van der Waals surface area contributed by atoms with Gasteiger partial charge in [-0.1, -0.05) is 6.07 Å². The summed E-state index contributed by atoms with van der Waals surface area (Å²) >= 11 is 1.68. The molecule has 5 nitrogen and oxygen atoms in total. The van der Waals surface area contributed by atoms with Gasteiger partial charge >= 0.3 is 5.97 Å². The van der Waals surface area contributed by atoms with Crippen LogP contribution in [0.3, 0.4) is 0 Å². The fourth-order valence-electron chi connectivity index (χ4n) is 3.53. The lowest BCUT2D eigenvalue weighted by Crippen LogP contribution is -2.39. The van der Waals surface area contributed by atoms with Gasteiger partial charge in [0.25, 0.3) is 0 Å². The summed E-state index contributed by atoms with van der Waals surface area (Å²) in [6.45, 7) is 1.84. The lowest BCUT2D eigenvalue weighted by atomic mass is 9.92. The molecule has 3 heterocycles. The highest BCUT2D eigenvalue weighted by Gasteiger charge is 2.31. The third-order valence-corrected chi connectivity index (χ3v) is 5.52. The molecule has 1 N–H and O–H groups in total. The Morgan fingerprint density at radius 2 is 1.96 bits per heavy atom. The summed E-state index contributed by atoms with van der Waals surface area (Å²) < 4.78 is 10.9. The average Bonchev–Trinajstić information content (AvgIpc) is 3.26. The minimum absolute atomic E-state index is 0.125. The molecule has 6 heteroatoms. The molecule has 0 bridgehead atoms. The molecular weight excluding hydrogens is 326 g/mol. The summed E-state index contributed by atoms with van der Waals surface area (Å²) in [4.78, 5) is 13.6. The standard InChI is InChI=1S/C18H19NO4S/c20-18(21)12-3-6-19(7-4-12)17(14-5-8-24-10-14)13-1-2-15-16(9-13)23-11-22-15/h1-2,5,8-10,12,17H,3-4,6-7,11H2,(H,20,21). The molecule has 1 fully saturated rings. The first-order chi connectivity index (χ1) is 11.7. The molecule has 1 aromatic heterocycles. The summed E-state index contributed by atoms with van der Waals surface area (Å²) in [5.41, 5.74) is 2.40. The maximum Gasteiger partial charge on any atom is 0.306 e. The van der Waals surface area contributed by atoms with Crippen molar-refractivity contribution in [1.29, 1.82) is 0 Å². The van der Waals surface area contributed by atoms with Crippen molar-refractivity contribution in [3.63, 3.8) is 0 Å². The second-order valence-corrected chi connectivity index (χ2v) is 7.00. The number of benzene rings is 1.